The maximum Gasteiger partial charge on any atom is 0.0410 e. The van der Waals surface area contributed by atoms with Crippen molar-refractivity contribution in [2.45, 2.75) is 25.8 Å². The molecule has 0 spiro atoms. The summed E-state index contributed by atoms with van der Waals surface area (Å²) in [6.07, 6.45) is 5.88. The predicted molar refractivity (Wildman–Crippen MR) is 83.1 cm³/mol. The van der Waals surface area contributed by atoms with Gasteiger partial charge in [0.1, 0.15) is 0 Å². The molecule has 1 unspecified atom stereocenters. The van der Waals surface area contributed by atoms with Crippen LogP contribution in [0.4, 0.5) is 0 Å². The van der Waals surface area contributed by atoms with Crippen LogP contribution in [-0.2, 0) is 6.42 Å². The second kappa shape index (κ2) is 7.41. The van der Waals surface area contributed by atoms with Gasteiger partial charge in [-0.25, -0.2) is 0 Å². The van der Waals surface area contributed by atoms with Crippen LogP contribution in [0.2, 0.25) is 0 Å². The average molecular weight is 319 g/mol. The summed E-state index contributed by atoms with van der Waals surface area (Å²) in [5.41, 5.74) is 2.57. The summed E-state index contributed by atoms with van der Waals surface area (Å²) in [6.45, 7) is 3.20. The summed E-state index contributed by atoms with van der Waals surface area (Å²) >= 11 is 3.49. The fourth-order valence-corrected chi connectivity index (χ4v) is 2.48. The Kier molecular flexibility index (Phi) is 5.55. The molecule has 1 aromatic carbocycles. The Morgan fingerprint density at radius 1 is 1.21 bits per heavy atom. The monoisotopic (exact) mass is 318 g/mol. The Bertz CT molecular complexity index is 499. The fraction of sp³-hybridized carbons (Fsp3) is 0.312. The van der Waals surface area contributed by atoms with Gasteiger partial charge in [-0.3, -0.25) is 4.98 Å². The molecule has 0 aliphatic heterocycles. The van der Waals surface area contributed by atoms with E-state index < -0.39 is 0 Å². The van der Waals surface area contributed by atoms with Crippen LogP contribution in [0.3, 0.4) is 0 Å². The van der Waals surface area contributed by atoms with Crippen LogP contribution < -0.4 is 5.32 Å². The number of pyridine rings is 1. The number of halogens is 1. The van der Waals surface area contributed by atoms with Crippen LogP contribution in [0, 0.1) is 0 Å². The van der Waals surface area contributed by atoms with Gasteiger partial charge in [-0.1, -0.05) is 37.3 Å². The number of benzene rings is 1. The normalized spacial score (nSPS) is 12.3. The van der Waals surface area contributed by atoms with Gasteiger partial charge in [0.15, 0.2) is 0 Å². The number of hydrogen-bond donors (Lipinski definition) is 1. The van der Waals surface area contributed by atoms with Crippen molar-refractivity contribution in [3.63, 3.8) is 0 Å². The Labute approximate surface area is 123 Å². The SMILES string of the molecule is CCCNC(Cc1ccccc1)c1cncc(Br)c1. The smallest absolute Gasteiger partial charge is 0.0410 e. The second-order valence-electron chi connectivity index (χ2n) is 4.63. The first-order valence-electron chi connectivity index (χ1n) is 6.67. The molecular weight excluding hydrogens is 300 g/mol. The number of rotatable bonds is 6. The molecule has 0 saturated heterocycles. The lowest BCUT2D eigenvalue weighted by Crippen LogP contribution is -2.24. The van der Waals surface area contributed by atoms with Gasteiger partial charge in [0.2, 0.25) is 0 Å². The quantitative estimate of drug-likeness (QED) is 0.866. The van der Waals surface area contributed by atoms with Crippen LogP contribution in [0.25, 0.3) is 0 Å². The lowest BCUT2D eigenvalue weighted by molar-refractivity contribution is 0.527. The minimum atomic E-state index is 0.312. The third-order valence-electron chi connectivity index (χ3n) is 3.05. The molecule has 0 saturated carbocycles. The third kappa shape index (κ3) is 4.44. The maximum atomic E-state index is 4.27. The van der Waals surface area contributed by atoms with Crippen molar-refractivity contribution in [2.24, 2.45) is 0 Å². The molecule has 1 atom stereocenters. The molecule has 100 valence electrons. The van der Waals surface area contributed by atoms with E-state index in [-0.39, 0.29) is 0 Å². The number of nitrogens with one attached hydrogen (secondary N) is 1. The highest BCUT2D eigenvalue weighted by atomic mass is 79.9. The summed E-state index contributed by atoms with van der Waals surface area (Å²) < 4.78 is 1.03. The fourth-order valence-electron chi connectivity index (χ4n) is 2.10. The van der Waals surface area contributed by atoms with E-state index in [1.807, 2.05) is 12.4 Å². The molecule has 2 rings (SSSR count). The summed E-state index contributed by atoms with van der Waals surface area (Å²) in [6, 6.07) is 13.0. The molecule has 0 fully saturated rings. The molecule has 0 radical (unpaired) electrons. The number of nitrogens with zero attached hydrogens (tertiary/aromatic N) is 1. The standard InChI is InChI=1S/C16H19BrN2/c1-2-8-19-16(9-13-6-4-3-5-7-13)14-10-15(17)12-18-11-14/h3-7,10-12,16,19H,2,8-9H2,1H3. The van der Waals surface area contributed by atoms with Gasteiger partial charge in [0.05, 0.1) is 0 Å². The maximum absolute atomic E-state index is 4.27. The van der Waals surface area contributed by atoms with E-state index in [0.717, 1.165) is 23.9 Å². The van der Waals surface area contributed by atoms with Gasteiger partial charge in [0.25, 0.3) is 0 Å². The Hall–Kier alpha value is -1.19. The van der Waals surface area contributed by atoms with Crippen LogP contribution >= 0.6 is 15.9 Å². The lowest BCUT2D eigenvalue weighted by Gasteiger charge is -2.19. The summed E-state index contributed by atoms with van der Waals surface area (Å²) in [4.78, 5) is 4.27. The summed E-state index contributed by atoms with van der Waals surface area (Å²) in [7, 11) is 0. The molecule has 1 heterocycles. The molecule has 19 heavy (non-hydrogen) atoms. The minimum Gasteiger partial charge on any atom is -0.310 e. The first-order chi connectivity index (χ1) is 9.29. The van der Waals surface area contributed by atoms with Gasteiger partial charge in [-0.2, -0.15) is 0 Å². The van der Waals surface area contributed by atoms with Crippen molar-refractivity contribution in [1.82, 2.24) is 10.3 Å². The second-order valence-corrected chi connectivity index (χ2v) is 5.55. The molecule has 1 aromatic heterocycles. The van der Waals surface area contributed by atoms with Crippen molar-refractivity contribution in [3.8, 4) is 0 Å². The number of aromatic nitrogens is 1. The Morgan fingerprint density at radius 2 is 2.00 bits per heavy atom. The van der Waals surface area contributed by atoms with Gasteiger partial charge in [0, 0.05) is 22.9 Å². The van der Waals surface area contributed by atoms with Crippen LogP contribution in [0.15, 0.2) is 53.3 Å². The predicted octanol–water partition coefficient (Wildman–Crippen LogP) is 4.13. The molecule has 0 aliphatic rings. The van der Waals surface area contributed by atoms with E-state index in [1.165, 1.54) is 11.1 Å². The highest BCUT2D eigenvalue weighted by Crippen LogP contribution is 2.20. The van der Waals surface area contributed by atoms with E-state index in [4.69, 9.17) is 0 Å². The molecule has 0 bridgehead atoms. The molecule has 2 nitrogen and oxygen atoms in total. The van der Waals surface area contributed by atoms with Crippen LogP contribution in [-0.4, -0.2) is 11.5 Å². The van der Waals surface area contributed by atoms with Crippen LogP contribution in [0.1, 0.15) is 30.5 Å². The van der Waals surface area contributed by atoms with Crippen molar-refractivity contribution >= 4 is 15.9 Å². The molecule has 0 aliphatic carbocycles. The van der Waals surface area contributed by atoms with Gasteiger partial charge >= 0.3 is 0 Å². The highest BCUT2D eigenvalue weighted by molar-refractivity contribution is 9.10. The zero-order valence-electron chi connectivity index (χ0n) is 11.1. The average Bonchev–Trinajstić information content (AvgIpc) is 2.44. The van der Waals surface area contributed by atoms with Crippen molar-refractivity contribution in [1.29, 1.82) is 0 Å². The van der Waals surface area contributed by atoms with Crippen molar-refractivity contribution in [2.75, 3.05) is 6.54 Å². The first-order valence-corrected chi connectivity index (χ1v) is 7.46. The zero-order chi connectivity index (χ0) is 13.5. The molecule has 0 amide bonds. The number of hydrogen-bond acceptors (Lipinski definition) is 2. The lowest BCUT2D eigenvalue weighted by atomic mass is 10.00. The van der Waals surface area contributed by atoms with Gasteiger partial charge < -0.3 is 5.32 Å². The van der Waals surface area contributed by atoms with Gasteiger partial charge in [-0.05, 0) is 52.5 Å². The largest absolute Gasteiger partial charge is 0.310 e. The van der Waals surface area contributed by atoms with E-state index in [1.54, 1.807) is 0 Å². The summed E-state index contributed by atoms with van der Waals surface area (Å²) in [5.74, 6) is 0. The molecule has 2 aromatic rings. The van der Waals surface area contributed by atoms with Crippen molar-refractivity contribution in [3.05, 3.63) is 64.4 Å². The third-order valence-corrected chi connectivity index (χ3v) is 3.49. The van der Waals surface area contributed by atoms with E-state index in [9.17, 15) is 0 Å². The molecule has 3 heteroatoms. The first kappa shape index (κ1) is 14.2. The van der Waals surface area contributed by atoms with E-state index in [0.29, 0.717) is 6.04 Å². The van der Waals surface area contributed by atoms with E-state index in [2.05, 4.69) is 69.6 Å². The molecular formula is C16H19BrN2. The zero-order valence-corrected chi connectivity index (χ0v) is 12.7. The Morgan fingerprint density at radius 3 is 2.68 bits per heavy atom. The van der Waals surface area contributed by atoms with Crippen molar-refractivity contribution < 1.29 is 0 Å². The Balaban J connectivity index is 2.16. The van der Waals surface area contributed by atoms with E-state index >= 15 is 0 Å². The topological polar surface area (TPSA) is 24.9 Å². The summed E-state index contributed by atoms with van der Waals surface area (Å²) in [5, 5.41) is 3.60. The molecule has 1 N–H and O–H groups in total. The highest BCUT2D eigenvalue weighted by Gasteiger charge is 2.12. The van der Waals surface area contributed by atoms with Crippen LogP contribution in [0.5, 0.6) is 0 Å². The van der Waals surface area contributed by atoms with Gasteiger partial charge in [-0.15, -0.1) is 0 Å². The minimum absolute atomic E-state index is 0.312.